The van der Waals surface area contributed by atoms with Crippen molar-refractivity contribution in [2.75, 3.05) is 39.0 Å². The Labute approximate surface area is 118 Å². The van der Waals surface area contributed by atoms with Crippen LogP contribution in [-0.4, -0.2) is 55.6 Å². The molecular formula is C16H29N3. The molecule has 3 nitrogen and oxygen atoms in total. The number of anilines is 1. The first-order chi connectivity index (χ1) is 9.04. The fourth-order valence-corrected chi connectivity index (χ4v) is 2.63. The second-order valence-electron chi connectivity index (χ2n) is 5.54. The molecule has 2 atom stereocenters. The average Bonchev–Trinajstić information content (AvgIpc) is 2.37. The lowest BCUT2D eigenvalue weighted by atomic mass is 10.2. The highest BCUT2D eigenvalue weighted by atomic mass is 15.2. The van der Waals surface area contributed by atoms with Crippen molar-refractivity contribution in [3.05, 3.63) is 30.3 Å². The normalized spacial score (nSPS) is 14.7. The van der Waals surface area contributed by atoms with E-state index in [4.69, 9.17) is 0 Å². The van der Waals surface area contributed by atoms with Crippen LogP contribution in [0.5, 0.6) is 0 Å². The molecule has 0 saturated carbocycles. The highest BCUT2D eigenvalue weighted by molar-refractivity contribution is 5.42. The van der Waals surface area contributed by atoms with Gasteiger partial charge in [-0.2, -0.15) is 0 Å². The number of likely N-dealkylation sites (N-methyl/N-ethyl adjacent to an activating group) is 2. The molecule has 0 aliphatic carbocycles. The first-order valence-electron chi connectivity index (χ1n) is 7.24. The molecule has 19 heavy (non-hydrogen) atoms. The van der Waals surface area contributed by atoms with Crippen molar-refractivity contribution in [2.45, 2.75) is 32.9 Å². The molecule has 1 aromatic carbocycles. The first-order valence-corrected chi connectivity index (χ1v) is 7.24. The fraction of sp³-hybridized carbons (Fsp3) is 0.625. The first kappa shape index (κ1) is 16.0. The van der Waals surface area contributed by atoms with E-state index in [2.05, 4.69) is 74.2 Å². The highest BCUT2D eigenvalue weighted by Crippen LogP contribution is 2.09. The van der Waals surface area contributed by atoms with Gasteiger partial charge < -0.3 is 10.2 Å². The van der Waals surface area contributed by atoms with Gasteiger partial charge in [-0.1, -0.05) is 25.1 Å². The lowest BCUT2D eigenvalue weighted by Gasteiger charge is -2.35. The van der Waals surface area contributed by atoms with Gasteiger partial charge in [0.05, 0.1) is 0 Å². The molecule has 0 fully saturated rings. The van der Waals surface area contributed by atoms with Crippen LogP contribution in [0.2, 0.25) is 0 Å². The van der Waals surface area contributed by atoms with E-state index >= 15 is 0 Å². The third-order valence-corrected chi connectivity index (χ3v) is 3.50. The number of hydrogen-bond acceptors (Lipinski definition) is 3. The van der Waals surface area contributed by atoms with Gasteiger partial charge in [-0.25, -0.2) is 0 Å². The predicted octanol–water partition coefficient (Wildman–Crippen LogP) is 2.76. The molecule has 2 unspecified atom stereocenters. The zero-order valence-electron chi connectivity index (χ0n) is 13.1. The van der Waals surface area contributed by atoms with Crippen molar-refractivity contribution in [3.63, 3.8) is 0 Å². The molecule has 0 saturated heterocycles. The van der Waals surface area contributed by atoms with Gasteiger partial charge in [-0.3, -0.25) is 4.90 Å². The standard InChI is InChI=1S/C16H29N3/c1-6-19(15(3)13-18(4)5)14(2)12-17-16-10-8-7-9-11-16/h7-11,14-15,17H,6,12-13H2,1-5H3. The van der Waals surface area contributed by atoms with Crippen LogP contribution >= 0.6 is 0 Å². The second kappa shape index (κ2) is 8.18. The molecule has 0 aliphatic rings. The summed E-state index contributed by atoms with van der Waals surface area (Å²) in [7, 11) is 4.27. The minimum Gasteiger partial charge on any atom is -0.383 e. The Kier molecular flexibility index (Phi) is 6.89. The van der Waals surface area contributed by atoms with Crippen molar-refractivity contribution >= 4 is 5.69 Å². The molecule has 0 radical (unpaired) electrons. The van der Waals surface area contributed by atoms with Gasteiger partial charge in [-0.05, 0) is 46.6 Å². The van der Waals surface area contributed by atoms with E-state index in [1.165, 1.54) is 5.69 Å². The van der Waals surface area contributed by atoms with Crippen molar-refractivity contribution < 1.29 is 0 Å². The minimum atomic E-state index is 0.528. The molecule has 0 amide bonds. The summed E-state index contributed by atoms with van der Waals surface area (Å²) in [5.41, 5.74) is 1.20. The lowest BCUT2D eigenvalue weighted by Crippen LogP contribution is -2.47. The van der Waals surface area contributed by atoms with Crippen molar-refractivity contribution in [1.82, 2.24) is 9.80 Å². The van der Waals surface area contributed by atoms with E-state index in [1.807, 2.05) is 6.07 Å². The molecule has 108 valence electrons. The number of nitrogens with zero attached hydrogens (tertiary/aromatic N) is 2. The topological polar surface area (TPSA) is 18.5 Å². The summed E-state index contributed by atoms with van der Waals surface area (Å²) in [5.74, 6) is 0. The highest BCUT2D eigenvalue weighted by Gasteiger charge is 2.18. The maximum atomic E-state index is 3.51. The number of benzene rings is 1. The molecular weight excluding hydrogens is 234 g/mol. The number of para-hydroxylation sites is 1. The van der Waals surface area contributed by atoms with E-state index in [-0.39, 0.29) is 0 Å². The number of hydrogen-bond donors (Lipinski definition) is 1. The van der Waals surface area contributed by atoms with Gasteiger partial charge in [0, 0.05) is 30.9 Å². The van der Waals surface area contributed by atoms with E-state index in [0.29, 0.717) is 12.1 Å². The number of nitrogens with one attached hydrogen (secondary N) is 1. The zero-order chi connectivity index (χ0) is 14.3. The summed E-state index contributed by atoms with van der Waals surface area (Å²) >= 11 is 0. The lowest BCUT2D eigenvalue weighted by molar-refractivity contribution is 0.142. The third kappa shape index (κ3) is 5.62. The largest absolute Gasteiger partial charge is 0.383 e. The molecule has 1 rings (SSSR count). The Morgan fingerprint density at radius 1 is 1.05 bits per heavy atom. The maximum absolute atomic E-state index is 3.51. The van der Waals surface area contributed by atoms with Crippen LogP contribution in [-0.2, 0) is 0 Å². The predicted molar refractivity (Wildman–Crippen MR) is 84.8 cm³/mol. The van der Waals surface area contributed by atoms with Gasteiger partial charge in [-0.15, -0.1) is 0 Å². The van der Waals surface area contributed by atoms with E-state index in [1.54, 1.807) is 0 Å². The monoisotopic (exact) mass is 263 g/mol. The van der Waals surface area contributed by atoms with Crippen LogP contribution in [0, 0.1) is 0 Å². The van der Waals surface area contributed by atoms with E-state index < -0.39 is 0 Å². The zero-order valence-corrected chi connectivity index (χ0v) is 13.1. The van der Waals surface area contributed by atoms with Crippen LogP contribution < -0.4 is 5.32 Å². The summed E-state index contributed by atoms with van der Waals surface area (Å²) in [6.45, 7) is 10.0. The average molecular weight is 263 g/mol. The van der Waals surface area contributed by atoms with Crippen LogP contribution in [0.25, 0.3) is 0 Å². The van der Waals surface area contributed by atoms with Gasteiger partial charge in [0.15, 0.2) is 0 Å². The van der Waals surface area contributed by atoms with Crippen molar-refractivity contribution in [3.8, 4) is 0 Å². The SMILES string of the molecule is CCN(C(C)CNc1ccccc1)C(C)CN(C)C. The third-order valence-electron chi connectivity index (χ3n) is 3.50. The van der Waals surface area contributed by atoms with Crippen LogP contribution in [0.1, 0.15) is 20.8 Å². The molecule has 1 N–H and O–H groups in total. The summed E-state index contributed by atoms with van der Waals surface area (Å²) in [6, 6.07) is 11.5. The van der Waals surface area contributed by atoms with Gasteiger partial charge in [0.25, 0.3) is 0 Å². The Bertz CT molecular complexity index is 337. The van der Waals surface area contributed by atoms with Gasteiger partial charge >= 0.3 is 0 Å². The minimum absolute atomic E-state index is 0.528. The Balaban J connectivity index is 2.47. The molecule has 0 aliphatic heterocycles. The smallest absolute Gasteiger partial charge is 0.0340 e. The summed E-state index contributed by atoms with van der Waals surface area (Å²) in [4.78, 5) is 4.81. The summed E-state index contributed by atoms with van der Waals surface area (Å²) < 4.78 is 0. The van der Waals surface area contributed by atoms with Gasteiger partial charge in [0.2, 0.25) is 0 Å². The summed E-state index contributed by atoms with van der Waals surface area (Å²) in [6.07, 6.45) is 0. The van der Waals surface area contributed by atoms with E-state index in [9.17, 15) is 0 Å². The molecule has 0 aromatic heterocycles. The Morgan fingerprint density at radius 3 is 2.21 bits per heavy atom. The molecule has 3 heteroatoms. The van der Waals surface area contributed by atoms with Gasteiger partial charge in [0.1, 0.15) is 0 Å². The Morgan fingerprint density at radius 2 is 1.68 bits per heavy atom. The van der Waals surface area contributed by atoms with Crippen molar-refractivity contribution in [1.29, 1.82) is 0 Å². The van der Waals surface area contributed by atoms with Crippen LogP contribution in [0.4, 0.5) is 5.69 Å². The van der Waals surface area contributed by atoms with Crippen LogP contribution in [0.3, 0.4) is 0 Å². The molecule has 0 heterocycles. The van der Waals surface area contributed by atoms with E-state index in [0.717, 1.165) is 19.6 Å². The summed E-state index contributed by atoms with van der Waals surface area (Å²) in [5, 5.41) is 3.51. The van der Waals surface area contributed by atoms with Crippen molar-refractivity contribution in [2.24, 2.45) is 0 Å². The second-order valence-corrected chi connectivity index (χ2v) is 5.54. The molecule has 1 aromatic rings. The van der Waals surface area contributed by atoms with Crippen LogP contribution in [0.15, 0.2) is 30.3 Å². The fourth-order valence-electron chi connectivity index (χ4n) is 2.63. The Hall–Kier alpha value is -1.06. The number of rotatable bonds is 8. The molecule has 0 spiro atoms. The maximum Gasteiger partial charge on any atom is 0.0340 e. The molecule has 0 bridgehead atoms. The quantitative estimate of drug-likeness (QED) is 0.778.